The van der Waals surface area contributed by atoms with Crippen LogP contribution in [0.2, 0.25) is 0 Å². The predicted molar refractivity (Wildman–Crippen MR) is 82.8 cm³/mol. The number of aldehydes is 1. The molecule has 0 aromatic rings. The zero-order valence-corrected chi connectivity index (χ0v) is 14.0. The van der Waals surface area contributed by atoms with Crippen LogP contribution in [0.5, 0.6) is 0 Å². The number of hydrogen-bond acceptors (Lipinski definition) is 7. The minimum atomic E-state index is -1.20. The van der Waals surface area contributed by atoms with Gasteiger partial charge in [0.2, 0.25) is 0 Å². The summed E-state index contributed by atoms with van der Waals surface area (Å²) in [6, 6.07) is 0. The molecule has 1 aliphatic rings. The molecule has 2 atom stereocenters. The van der Waals surface area contributed by atoms with E-state index < -0.39 is 28.6 Å². The number of carbonyl (C=O) groups excluding carboxylic acids is 3. The zero-order valence-electron chi connectivity index (χ0n) is 13.2. The van der Waals surface area contributed by atoms with E-state index in [-0.39, 0.29) is 13.0 Å². The summed E-state index contributed by atoms with van der Waals surface area (Å²) in [4.78, 5) is 33.9. The molecule has 0 bridgehead atoms. The van der Waals surface area contributed by atoms with Crippen LogP contribution in [-0.2, 0) is 19.1 Å². The molecule has 0 aromatic heterocycles. The van der Waals surface area contributed by atoms with Crippen molar-refractivity contribution in [2.24, 2.45) is 5.92 Å². The summed E-state index contributed by atoms with van der Waals surface area (Å²) in [5.74, 6) is -1.44. The Morgan fingerprint density at radius 1 is 1.45 bits per heavy atom. The van der Waals surface area contributed by atoms with Gasteiger partial charge in [0.25, 0.3) is 0 Å². The molecule has 0 aliphatic carbocycles. The van der Waals surface area contributed by atoms with E-state index in [0.29, 0.717) is 6.29 Å². The van der Waals surface area contributed by atoms with Crippen molar-refractivity contribution >= 4 is 30.1 Å². The Morgan fingerprint density at radius 3 is 2.59 bits per heavy atom. The second-order valence-electron chi connectivity index (χ2n) is 5.63. The SMILES string of the molecule is CCOC(=O)C(CC=O)C1(NC(=O)OC(C)(C)C)NC=CS1. The molecule has 0 spiro atoms. The van der Waals surface area contributed by atoms with Gasteiger partial charge in [-0.05, 0) is 33.1 Å². The van der Waals surface area contributed by atoms with E-state index in [1.54, 1.807) is 39.3 Å². The lowest BCUT2D eigenvalue weighted by Crippen LogP contribution is -2.60. The Kier molecular flexibility index (Phi) is 6.28. The van der Waals surface area contributed by atoms with E-state index in [4.69, 9.17) is 9.47 Å². The number of carbonyl (C=O) groups is 3. The number of alkyl carbamates (subject to hydrolysis) is 1. The van der Waals surface area contributed by atoms with Gasteiger partial charge in [-0.25, -0.2) is 4.79 Å². The van der Waals surface area contributed by atoms with Gasteiger partial charge < -0.3 is 19.6 Å². The fourth-order valence-electron chi connectivity index (χ4n) is 1.89. The number of amides is 1. The smallest absolute Gasteiger partial charge is 0.410 e. The number of rotatable bonds is 6. The first-order chi connectivity index (χ1) is 10.2. The summed E-state index contributed by atoms with van der Waals surface area (Å²) >= 11 is 1.18. The topological polar surface area (TPSA) is 93.7 Å². The first kappa shape index (κ1) is 18.3. The van der Waals surface area contributed by atoms with Gasteiger partial charge in [0.15, 0.2) is 4.99 Å². The van der Waals surface area contributed by atoms with Crippen molar-refractivity contribution in [3.63, 3.8) is 0 Å². The van der Waals surface area contributed by atoms with Crippen LogP contribution < -0.4 is 10.6 Å². The monoisotopic (exact) mass is 330 g/mol. The highest BCUT2D eigenvalue weighted by atomic mass is 32.2. The number of esters is 1. The average Bonchev–Trinajstić information content (AvgIpc) is 2.82. The molecule has 0 aromatic carbocycles. The molecule has 0 saturated heterocycles. The van der Waals surface area contributed by atoms with Crippen molar-refractivity contribution in [1.82, 2.24) is 10.6 Å². The highest BCUT2D eigenvalue weighted by Gasteiger charge is 2.47. The van der Waals surface area contributed by atoms with Gasteiger partial charge in [-0.1, -0.05) is 11.8 Å². The second kappa shape index (κ2) is 7.53. The third-order valence-electron chi connectivity index (χ3n) is 2.70. The molecule has 1 amide bonds. The van der Waals surface area contributed by atoms with E-state index in [1.807, 2.05) is 0 Å². The van der Waals surface area contributed by atoms with Crippen LogP contribution in [0.1, 0.15) is 34.1 Å². The molecule has 7 nitrogen and oxygen atoms in total. The largest absolute Gasteiger partial charge is 0.466 e. The molecular weight excluding hydrogens is 308 g/mol. The van der Waals surface area contributed by atoms with Crippen molar-refractivity contribution in [3.8, 4) is 0 Å². The van der Waals surface area contributed by atoms with Crippen molar-refractivity contribution in [1.29, 1.82) is 0 Å². The molecule has 2 N–H and O–H groups in total. The van der Waals surface area contributed by atoms with Gasteiger partial charge in [-0.3, -0.25) is 10.1 Å². The van der Waals surface area contributed by atoms with E-state index in [0.717, 1.165) is 0 Å². The summed E-state index contributed by atoms with van der Waals surface area (Å²) in [6.45, 7) is 7.08. The second-order valence-corrected chi connectivity index (χ2v) is 6.79. The molecule has 1 rings (SSSR count). The van der Waals surface area contributed by atoms with Crippen molar-refractivity contribution in [2.45, 2.75) is 44.7 Å². The van der Waals surface area contributed by atoms with Gasteiger partial charge in [-0.15, -0.1) is 0 Å². The first-order valence-electron chi connectivity index (χ1n) is 6.96. The molecule has 2 unspecified atom stereocenters. The Balaban J connectivity index is 2.94. The lowest BCUT2D eigenvalue weighted by atomic mass is 10.0. The fraction of sp³-hybridized carbons (Fsp3) is 0.643. The van der Waals surface area contributed by atoms with Crippen LogP contribution in [-0.4, -0.2) is 35.6 Å². The predicted octanol–water partition coefficient (Wildman–Crippen LogP) is 1.74. The normalized spacial score (nSPS) is 21.6. The third-order valence-corrected chi connectivity index (χ3v) is 3.85. The number of nitrogens with one attached hydrogen (secondary N) is 2. The van der Waals surface area contributed by atoms with E-state index in [1.165, 1.54) is 11.8 Å². The molecule has 0 fully saturated rings. The van der Waals surface area contributed by atoms with E-state index in [9.17, 15) is 14.4 Å². The summed E-state index contributed by atoms with van der Waals surface area (Å²) in [5.41, 5.74) is -0.675. The highest BCUT2D eigenvalue weighted by molar-refractivity contribution is 8.03. The summed E-state index contributed by atoms with van der Waals surface area (Å²) in [7, 11) is 0. The molecule has 1 heterocycles. The van der Waals surface area contributed by atoms with E-state index in [2.05, 4.69) is 10.6 Å². The van der Waals surface area contributed by atoms with Gasteiger partial charge in [0, 0.05) is 12.6 Å². The number of hydrogen-bond donors (Lipinski definition) is 2. The van der Waals surface area contributed by atoms with E-state index >= 15 is 0 Å². The van der Waals surface area contributed by atoms with Crippen LogP contribution in [0.15, 0.2) is 11.6 Å². The van der Waals surface area contributed by atoms with Crippen LogP contribution in [0, 0.1) is 5.92 Å². The molecule has 0 radical (unpaired) electrons. The van der Waals surface area contributed by atoms with Crippen LogP contribution in [0.3, 0.4) is 0 Å². The molecule has 124 valence electrons. The standard InChI is InChI=1S/C14H22N2O5S/c1-5-20-11(18)10(6-8-17)14(15-7-9-22-14)16-12(19)21-13(2,3)4/h7-10,15H,5-6H2,1-4H3,(H,16,19). The van der Waals surface area contributed by atoms with Gasteiger partial charge in [-0.2, -0.15) is 0 Å². The van der Waals surface area contributed by atoms with Crippen LogP contribution >= 0.6 is 11.8 Å². The fourth-order valence-corrected chi connectivity index (χ4v) is 2.88. The van der Waals surface area contributed by atoms with Gasteiger partial charge in [0.05, 0.1) is 6.61 Å². The first-order valence-corrected chi connectivity index (χ1v) is 7.84. The molecule has 0 saturated carbocycles. The average molecular weight is 330 g/mol. The van der Waals surface area contributed by atoms with Crippen LogP contribution in [0.4, 0.5) is 4.79 Å². The van der Waals surface area contributed by atoms with Crippen LogP contribution in [0.25, 0.3) is 0 Å². The maximum Gasteiger partial charge on any atom is 0.410 e. The summed E-state index contributed by atoms with van der Waals surface area (Å²) < 4.78 is 10.2. The zero-order chi connectivity index (χ0) is 16.8. The lowest BCUT2D eigenvalue weighted by molar-refractivity contribution is -0.150. The Morgan fingerprint density at radius 2 is 2.14 bits per heavy atom. The molecule has 1 aliphatic heterocycles. The molecular formula is C14H22N2O5S. The number of ether oxygens (including phenoxy) is 2. The van der Waals surface area contributed by atoms with Crippen molar-refractivity contribution in [2.75, 3.05) is 6.61 Å². The molecule has 8 heteroatoms. The maximum absolute atomic E-state index is 12.1. The van der Waals surface area contributed by atoms with Crippen molar-refractivity contribution < 1.29 is 23.9 Å². The third kappa shape index (κ3) is 4.94. The lowest BCUT2D eigenvalue weighted by Gasteiger charge is -2.36. The summed E-state index contributed by atoms with van der Waals surface area (Å²) in [5, 5.41) is 7.25. The Hall–Kier alpha value is -1.70. The van der Waals surface area contributed by atoms with Gasteiger partial charge in [0.1, 0.15) is 17.8 Å². The maximum atomic E-state index is 12.1. The highest BCUT2D eigenvalue weighted by Crippen LogP contribution is 2.35. The molecule has 22 heavy (non-hydrogen) atoms. The summed E-state index contributed by atoms with van der Waals surface area (Å²) in [6.07, 6.45) is 1.45. The quantitative estimate of drug-likeness (QED) is 0.566. The Bertz CT molecular complexity index is 451. The minimum absolute atomic E-state index is 0.0870. The van der Waals surface area contributed by atoms with Crippen molar-refractivity contribution in [3.05, 3.63) is 11.6 Å². The Labute approximate surface area is 134 Å². The minimum Gasteiger partial charge on any atom is -0.466 e. The van der Waals surface area contributed by atoms with Gasteiger partial charge >= 0.3 is 12.1 Å². The number of thioether (sulfide) groups is 1.